The molecule has 1 atom stereocenters. The number of methoxy groups -OCH3 is 1. The van der Waals surface area contributed by atoms with Gasteiger partial charge in [0, 0.05) is 6.61 Å². The first-order valence-electron chi connectivity index (χ1n) is 6.80. The number of aliphatic hydroxyl groups is 1. The number of hydrogen-bond donors (Lipinski definition) is 1. The number of hydrogen-bond acceptors (Lipinski definition) is 2. The highest BCUT2D eigenvalue weighted by molar-refractivity contribution is 5.29. The van der Waals surface area contributed by atoms with E-state index in [0.29, 0.717) is 18.4 Å². The first-order valence-corrected chi connectivity index (χ1v) is 6.80. The highest BCUT2D eigenvalue weighted by Gasteiger charge is 2.12. The number of halogens is 2. The van der Waals surface area contributed by atoms with Crippen molar-refractivity contribution in [2.24, 2.45) is 5.92 Å². The number of benzene rings is 2. The van der Waals surface area contributed by atoms with E-state index in [1.807, 2.05) is 24.3 Å². The fraction of sp³-hybridized carbons (Fsp3) is 0.294. The van der Waals surface area contributed by atoms with E-state index in [-0.39, 0.29) is 12.5 Å². The Labute approximate surface area is 123 Å². The van der Waals surface area contributed by atoms with E-state index in [9.17, 15) is 13.9 Å². The molecule has 1 N–H and O–H groups in total. The van der Waals surface area contributed by atoms with Gasteiger partial charge in [0.25, 0.3) is 0 Å². The van der Waals surface area contributed by atoms with Crippen LogP contribution in [0.4, 0.5) is 8.78 Å². The number of rotatable bonds is 6. The summed E-state index contributed by atoms with van der Waals surface area (Å²) in [5.41, 5.74) is 1.71. The van der Waals surface area contributed by atoms with Gasteiger partial charge in [-0.15, -0.1) is 0 Å². The van der Waals surface area contributed by atoms with E-state index in [0.717, 1.165) is 17.4 Å². The quantitative estimate of drug-likeness (QED) is 0.884. The molecule has 2 rings (SSSR count). The first-order chi connectivity index (χ1) is 10.1. The molecule has 0 spiro atoms. The van der Waals surface area contributed by atoms with Crippen molar-refractivity contribution in [3.05, 3.63) is 65.2 Å². The summed E-state index contributed by atoms with van der Waals surface area (Å²) < 4.78 is 31.3. The lowest BCUT2D eigenvalue weighted by Crippen LogP contribution is -2.13. The van der Waals surface area contributed by atoms with Crippen LogP contribution in [0.15, 0.2) is 42.5 Å². The fourth-order valence-electron chi connectivity index (χ4n) is 2.33. The predicted molar refractivity (Wildman–Crippen MR) is 77.3 cm³/mol. The molecular weight excluding hydrogens is 274 g/mol. The molecule has 0 aliphatic rings. The van der Waals surface area contributed by atoms with Crippen LogP contribution in [-0.2, 0) is 12.8 Å². The highest BCUT2D eigenvalue weighted by atomic mass is 19.2. The minimum Gasteiger partial charge on any atom is -0.497 e. The molecule has 0 bridgehead atoms. The van der Waals surface area contributed by atoms with Gasteiger partial charge < -0.3 is 9.84 Å². The summed E-state index contributed by atoms with van der Waals surface area (Å²) in [6.45, 7) is -0.0177. The zero-order valence-electron chi connectivity index (χ0n) is 11.9. The second kappa shape index (κ2) is 7.18. The van der Waals surface area contributed by atoms with Crippen LogP contribution >= 0.6 is 0 Å². The van der Waals surface area contributed by atoms with Crippen molar-refractivity contribution >= 4 is 0 Å². The third kappa shape index (κ3) is 4.26. The van der Waals surface area contributed by atoms with E-state index in [1.165, 1.54) is 6.07 Å². The van der Waals surface area contributed by atoms with Crippen LogP contribution in [0.3, 0.4) is 0 Å². The number of aliphatic hydroxyl groups excluding tert-OH is 1. The van der Waals surface area contributed by atoms with Crippen molar-refractivity contribution in [2.75, 3.05) is 13.7 Å². The lowest BCUT2D eigenvalue weighted by atomic mass is 9.93. The van der Waals surface area contributed by atoms with Crippen molar-refractivity contribution in [3.8, 4) is 5.75 Å². The second-order valence-corrected chi connectivity index (χ2v) is 5.06. The summed E-state index contributed by atoms with van der Waals surface area (Å²) in [7, 11) is 1.60. The summed E-state index contributed by atoms with van der Waals surface area (Å²) >= 11 is 0. The summed E-state index contributed by atoms with van der Waals surface area (Å²) in [5, 5.41) is 9.50. The number of ether oxygens (including phenoxy) is 1. The minimum absolute atomic E-state index is 0.0177. The van der Waals surface area contributed by atoms with Gasteiger partial charge >= 0.3 is 0 Å². The average molecular weight is 292 g/mol. The molecule has 0 radical (unpaired) electrons. The SMILES string of the molecule is COc1cccc(CC(CO)Cc2ccc(F)c(F)c2)c1. The molecule has 112 valence electrons. The Kier molecular flexibility index (Phi) is 5.28. The van der Waals surface area contributed by atoms with E-state index >= 15 is 0 Å². The predicted octanol–water partition coefficient (Wildman–Crippen LogP) is 3.37. The van der Waals surface area contributed by atoms with Crippen molar-refractivity contribution in [2.45, 2.75) is 12.8 Å². The Bertz CT molecular complexity index is 599. The topological polar surface area (TPSA) is 29.5 Å². The average Bonchev–Trinajstić information content (AvgIpc) is 2.50. The molecule has 0 fully saturated rings. The zero-order chi connectivity index (χ0) is 15.2. The Morgan fingerprint density at radius 1 is 1.00 bits per heavy atom. The van der Waals surface area contributed by atoms with Gasteiger partial charge in [0.2, 0.25) is 0 Å². The van der Waals surface area contributed by atoms with Gasteiger partial charge in [-0.3, -0.25) is 0 Å². The lowest BCUT2D eigenvalue weighted by molar-refractivity contribution is 0.224. The molecular formula is C17H18F2O2. The third-order valence-electron chi connectivity index (χ3n) is 3.43. The van der Waals surface area contributed by atoms with Crippen molar-refractivity contribution < 1.29 is 18.6 Å². The molecule has 0 saturated carbocycles. The van der Waals surface area contributed by atoms with Gasteiger partial charge in [0.05, 0.1) is 7.11 Å². The molecule has 0 aliphatic carbocycles. The molecule has 4 heteroatoms. The van der Waals surface area contributed by atoms with Crippen LogP contribution in [0.5, 0.6) is 5.75 Å². The van der Waals surface area contributed by atoms with Crippen LogP contribution in [0.2, 0.25) is 0 Å². The molecule has 0 heterocycles. The maximum absolute atomic E-state index is 13.2. The van der Waals surface area contributed by atoms with Crippen LogP contribution in [-0.4, -0.2) is 18.8 Å². The van der Waals surface area contributed by atoms with E-state index in [1.54, 1.807) is 13.2 Å². The Morgan fingerprint density at radius 2 is 1.71 bits per heavy atom. The molecule has 0 aliphatic heterocycles. The maximum atomic E-state index is 13.2. The van der Waals surface area contributed by atoms with E-state index in [2.05, 4.69) is 0 Å². The Morgan fingerprint density at radius 3 is 2.33 bits per heavy atom. The van der Waals surface area contributed by atoms with Crippen LogP contribution in [0.25, 0.3) is 0 Å². The first kappa shape index (κ1) is 15.4. The Balaban J connectivity index is 2.07. The molecule has 2 nitrogen and oxygen atoms in total. The molecule has 1 unspecified atom stereocenters. The second-order valence-electron chi connectivity index (χ2n) is 5.06. The summed E-state index contributed by atoms with van der Waals surface area (Å²) in [5.74, 6) is -1.00. The standard InChI is InChI=1S/C17H18F2O2/c1-21-15-4-2-3-12(9-15)7-14(11-20)8-13-5-6-16(18)17(19)10-13/h2-6,9-10,14,20H,7-8,11H2,1H3. The normalized spacial score (nSPS) is 12.2. The smallest absolute Gasteiger partial charge is 0.159 e. The fourth-order valence-corrected chi connectivity index (χ4v) is 2.33. The monoisotopic (exact) mass is 292 g/mol. The minimum atomic E-state index is -0.856. The van der Waals surface area contributed by atoms with Gasteiger partial charge in [0.1, 0.15) is 5.75 Å². The molecule has 21 heavy (non-hydrogen) atoms. The van der Waals surface area contributed by atoms with Gasteiger partial charge in [-0.2, -0.15) is 0 Å². The Hall–Kier alpha value is -1.94. The molecule has 2 aromatic rings. The van der Waals surface area contributed by atoms with Crippen LogP contribution in [0.1, 0.15) is 11.1 Å². The largest absolute Gasteiger partial charge is 0.497 e. The van der Waals surface area contributed by atoms with Crippen LogP contribution in [0, 0.1) is 17.6 Å². The molecule has 0 amide bonds. The summed E-state index contributed by atoms with van der Waals surface area (Å²) in [6, 6.07) is 11.5. The molecule has 2 aromatic carbocycles. The molecule has 0 aromatic heterocycles. The van der Waals surface area contributed by atoms with Crippen molar-refractivity contribution in [1.82, 2.24) is 0 Å². The van der Waals surface area contributed by atoms with Crippen LogP contribution < -0.4 is 4.74 Å². The van der Waals surface area contributed by atoms with Gasteiger partial charge in [-0.25, -0.2) is 8.78 Å². The maximum Gasteiger partial charge on any atom is 0.159 e. The lowest BCUT2D eigenvalue weighted by Gasteiger charge is -2.15. The summed E-state index contributed by atoms with van der Waals surface area (Å²) in [6.07, 6.45) is 1.14. The zero-order valence-corrected chi connectivity index (χ0v) is 11.9. The highest BCUT2D eigenvalue weighted by Crippen LogP contribution is 2.19. The van der Waals surface area contributed by atoms with Crippen molar-refractivity contribution in [3.63, 3.8) is 0 Å². The van der Waals surface area contributed by atoms with Gasteiger partial charge in [-0.1, -0.05) is 18.2 Å². The van der Waals surface area contributed by atoms with E-state index < -0.39 is 11.6 Å². The third-order valence-corrected chi connectivity index (χ3v) is 3.43. The van der Waals surface area contributed by atoms with Gasteiger partial charge in [-0.05, 0) is 54.2 Å². The molecule has 0 saturated heterocycles. The van der Waals surface area contributed by atoms with Crippen molar-refractivity contribution in [1.29, 1.82) is 0 Å². The summed E-state index contributed by atoms with van der Waals surface area (Å²) in [4.78, 5) is 0. The van der Waals surface area contributed by atoms with E-state index in [4.69, 9.17) is 4.74 Å². The van der Waals surface area contributed by atoms with Gasteiger partial charge in [0.15, 0.2) is 11.6 Å².